The molecule has 0 aliphatic carbocycles. The van der Waals surface area contributed by atoms with E-state index in [1.807, 2.05) is 27.2 Å². The van der Waals surface area contributed by atoms with E-state index in [-0.39, 0.29) is 17.9 Å². The highest BCUT2D eigenvalue weighted by molar-refractivity contribution is 5.79. The molecule has 1 aliphatic heterocycles. The average Bonchev–Trinajstić information content (AvgIpc) is 2.74. The molecule has 1 amide bonds. The molecule has 0 bridgehead atoms. The van der Waals surface area contributed by atoms with Gasteiger partial charge in [-0.3, -0.25) is 9.48 Å². The summed E-state index contributed by atoms with van der Waals surface area (Å²) in [7, 11) is 3.72. The Morgan fingerprint density at radius 1 is 1.67 bits per heavy atom. The van der Waals surface area contributed by atoms with Crippen molar-refractivity contribution >= 4 is 5.91 Å². The maximum atomic E-state index is 12.3. The van der Waals surface area contributed by atoms with Gasteiger partial charge in [0.15, 0.2) is 0 Å². The number of rotatable bonds is 3. The number of carbonyl (C=O) groups excluding carboxylic acids is 1. The highest BCUT2D eigenvalue weighted by Gasteiger charge is 2.30. The zero-order valence-corrected chi connectivity index (χ0v) is 11.3. The van der Waals surface area contributed by atoms with Crippen LogP contribution in [-0.2, 0) is 23.1 Å². The fourth-order valence-corrected chi connectivity index (χ4v) is 2.44. The first-order valence-electron chi connectivity index (χ1n) is 6.42. The quantitative estimate of drug-likeness (QED) is 0.811. The first kappa shape index (κ1) is 13.1. The van der Waals surface area contributed by atoms with Crippen molar-refractivity contribution < 1.29 is 9.53 Å². The number of carbonyl (C=O) groups is 1. The topological polar surface area (TPSA) is 47.4 Å². The van der Waals surface area contributed by atoms with Gasteiger partial charge in [0, 0.05) is 39.0 Å². The molecule has 1 aliphatic rings. The Morgan fingerprint density at radius 2 is 2.44 bits per heavy atom. The molecule has 2 heterocycles. The maximum absolute atomic E-state index is 12.3. The molecule has 1 aromatic heterocycles. The van der Waals surface area contributed by atoms with Crippen LogP contribution in [0.4, 0.5) is 0 Å². The molecule has 0 radical (unpaired) electrons. The number of ether oxygens (including phenoxy) is 1. The summed E-state index contributed by atoms with van der Waals surface area (Å²) in [6, 6.07) is 0. The molecule has 100 valence electrons. The van der Waals surface area contributed by atoms with Crippen LogP contribution in [-0.4, -0.2) is 40.3 Å². The summed E-state index contributed by atoms with van der Waals surface area (Å²) < 4.78 is 7.30. The third-order valence-corrected chi connectivity index (χ3v) is 3.48. The number of amides is 1. The second kappa shape index (κ2) is 5.52. The minimum absolute atomic E-state index is 0.000390. The second-order valence-electron chi connectivity index (χ2n) is 5.04. The van der Waals surface area contributed by atoms with Crippen molar-refractivity contribution in [2.45, 2.75) is 32.4 Å². The highest BCUT2D eigenvalue weighted by Crippen LogP contribution is 2.22. The number of hydrogen-bond acceptors (Lipinski definition) is 3. The van der Waals surface area contributed by atoms with Crippen LogP contribution >= 0.6 is 0 Å². The Balaban J connectivity index is 1.95. The van der Waals surface area contributed by atoms with Crippen molar-refractivity contribution in [3.8, 4) is 0 Å². The van der Waals surface area contributed by atoms with Crippen LogP contribution in [0, 0.1) is 5.92 Å². The molecule has 2 atom stereocenters. The Bertz CT molecular complexity index is 416. The first-order chi connectivity index (χ1) is 8.58. The number of aryl methyl sites for hydroxylation is 1. The predicted octanol–water partition coefficient (Wildman–Crippen LogP) is 1.19. The van der Waals surface area contributed by atoms with Crippen LogP contribution in [0.2, 0.25) is 0 Å². The minimum Gasteiger partial charge on any atom is -0.378 e. The largest absolute Gasteiger partial charge is 0.378 e. The molecule has 0 aromatic carbocycles. The van der Waals surface area contributed by atoms with Crippen LogP contribution in [0.1, 0.15) is 25.3 Å². The van der Waals surface area contributed by atoms with E-state index in [4.69, 9.17) is 4.74 Å². The van der Waals surface area contributed by atoms with Crippen molar-refractivity contribution in [3.63, 3.8) is 0 Å². The molecule has 5 heteroatoms. The van der Waals surface area contributed by atoms with Gasteiger partial charge in [-0.2, -0.15) is 5.10 Å². The van der Waals surface area contributed by atoms with E-state index in [9.17, 15) is 4.79 Å². The van der Waals surface area contributed by atoms with E-state index in [0.717, 1.165) is 25.0 Å². The molecule has 1 saturated heterocycles. The van der Waals surface area contributed by atoms with Gasteiger partial charge >= 0.3 is 0 Å². The van der Waals surface area contributed by atoms with Gasteiger partial charge < -0.3 is 9.64 Å². The summed E-state index contributed by atoms with van der Waals surface area (Å²) in [5.41, 5.74) is 1.05. The third kappa shape index (κ3) is 2.90. The fourth-order valence-electron chi connectivity index (χ4n) is 2.44. The van der Waals surface area contributed by atoms with Crippen molar-refractivity contribution in [2.24, 2.45) is 13.0 Å². The summed E-state index contributed by atoms with van der Waals surface area (Å²) in [5.74, 6) is 0.173. The minimum atomic E-state index is 0.000390. The van der Waals surface area contributed by atoms with Crippen LogP contribution in [0.5, 0.6) is 0 Å². The first-order valence-corrected chi connectivity index (χ1v) is 6.42. The maximum Gasteiger partial charge on any atom is 0.228 e. The fraction of sp³-hybridized carbons (Fsp3) is 0.692. The Kier molecular flexibility index (Phi) is 4.01. The summed E-state index contributed by atoms with van der Waals surface area (Å²) in [6.45, 7) is 3.37. The normalized spacial score (nSPS) is 23.9. The van der Waals surface area contributed by atoms with E-state index in [1.165, 1.54) is 0 Å². The number of aromatic nitrogens is 2. The molecule has 0 N–H and O–H groups in total. The van der Waals surface area contributed by atoms with Gasteiger partial charge in [-0.15, -0.1) is 0 Å². The smallest absolute Gasteiger partial charge is 0.228 e. The molecule has 0 spiro atoms. The van der Waals surface area contributed by atoms with E-state index >= 15 is 0 Å². The van der Waals surface area contributed by atoms with Crippen molar-refractivity contribution in [1.82, 2.24) is 14.7 Å². The van der Waals surface area contributed by atoms with Crippen LogP contribution < -0.4 is 0 Å². The molecule has 2 rings (SSSR count). The molecule has 5 nitrogen and oxygen atoms in total. The predicted molar refractivity (Wildman–Crippen MR) is 67.8 cm³/mol. The van der Waals surface area contributed by atoms with Gasteiger partial charge in [0.2, 0.25) is 5.91 Å². The number of hydrogen-bond donors (Lipinski definition) is 0. The Labute approximate surface area is 108 Å². The van der Waals surface area contributed by atoms with Gasteiger partial charge in [-0.05, 0) is 19.8 Å². The van der Waals surface area contributed by atoms with Crippen molar-refractivity contribution in [3.05, 3.63) is 18.0 Å². The number of nitrogens with zero attached hydrogens (tertiary/aromatic N) is 3. The van der Waals surface area contributed by atoms with Gasteiger partial charge in [-0.25, -0.2) is 0 Å². The van der Waals surface area contributed by atoms with Gasteiger partial charge in [-0.1, -0.05) is 0 Å². The summed E-state index contributed by atoms with van der Waals surface area (Å²) >= 11 is 0. The summed E-state index contributed by atoms with van der Waals surface area (Å²) in [4.78, 5) is 14.1. The van der Waals surface area contributed by atoms with E-state index in [1.54, 1.807) is 15.8 Å². The molecule has 0 unspecified atom stereocenters. The summed E-state index contributed by atoms with van der Waals surface area (Å²) in [5, 5.41) is 4.11. The summed E-state index contributed by atoms with van der Waals surface area (Å²) in [6.07, 6.45) is 5.66. The molecular weight excluding hydrogens is 230 g/mol. The average molecular weight is 251 g/mol. The monoisotopic (exact) mass is 251 g/mol. The lowest BCUT2D eigenvalue weighted by Crippen LogP contribution is -2.40. The van der Waals surface area contributed by atoms with E-state index in [0.29, 0.717) is 6.54 Å². The molecule has 0 saturated carbocycles. The Morgan fingerprint density at radius 3 is 3.06 bits per heavy atom. The van der Waals surface area contributed by atoms with E-state index in [2.05, 4.69) is 5.10 Å². The lowest BCUT2D eigenvalue weighted by atomic mass is 9.94. The van der Waals surface area contributed by atoms with Crippen molar-refractivity contribution in [1.29, 1.82) is 0 Å². The zero-order chi connectivity index (χ0) is 13.1. The molecule has 18 heavy (non-hydrogen) atoms. The highest BCUT2D eigenvalue weighted by atomic mass is 16.5. The van der Waals surface area contributed by atoms with Crippen molar-refractivity contribution in [2.75, 3.05) is 13.7 Å². The Hall–Kier alpha value is -1.36. The van der Waals surface area contributed by atoms with Crippen LogP contribution in [0.15, 0.2) is 12.4 Å². The zero-order valence-electron chi connectivity index (χ0n) is 11.3. The van der Waals surface area contributed by atoms with Gasteiger partial charge in [0.05, 0.1) is 18.2 Å². The third-order valence-electron chi connectivity index (χ3n) is 3.48. The van der Waals surface area contributed by atoms with Gasteiger partial charge in [0.25, 0.3) is 0 Å². The molecular formula is C13H21N3O2. The van der Waals surface area contributed by atoms with E-state index < -0.39 is 0 Å². The van der Waals surface area contributed by atoms with Gasteiger partial charge in [0.1, 0.15) is 0 Å². The lowest BCUT2D eigenvalue weighted by Gasteiger charge is -2.31. The van der Waals surface area contributed by atoms with Crippen LogP contribution in [0.25, 0.3) is 0 Å². The SMILES string of the molecule is C[C@H]1OCCC[C@H]1C(=O)N(C)Cc1cnn(C)c1. The second-order valence-corrected chi connectivity index (χ2v) is 5.04. The lowest BCUT2D eigenvalue weighted by molar-refractivity contribution is -0.143. The standard InChI is InChI=1S/C13H21N3O2/c1-10-12(5-4-6-18-10)13(17)15(2)8-11-7-14-16(3)9-11/h7,9-10,12H,4-6,8H2,1-3H3/t10-,12-/m1/s1. The van der Waals surface area contributed by atoms with Crippen LogP contribution in [0.3, 0.4) is 0 Å². The molecule has 1 fully saturated rings. The molecule has 1 aromatic rings.